The number of rotatable bonds is 9. The number of nitrogens with zero attached hydrogens (tertiary/aromatic N) is 2. The molecule has 0 unspecified atom stereocenters. The van der Waals surface area contributed by atoms with E-state index in [1.165, 1.54) is 21.2 Å². The van der Waals surface area contributed by atoms with Crippen LogP contribution < -0.4 is 21.9 Å². The van der Waals surface area contributed by atoms with E-state index < -0.39 is 11.2 Å². The first-order valence-electron chi connectivity index (χ1n) is 9.30. The van der Waals surface area contributed by atoms with Crippen molar-refractivity contribution in [2.75, 3.05) is 22.9 Å². The highest BCUT2D eigenvalue weighted by molar-refractivity contribution is 8.00. The van der Waals surface area contributed by atoms with Gasteiger partial charge in [-0.2, -0.15) is 0 Å². The van der Waals surface area contributed by atoms with Gasteiger partial charge in [-0.25, -0.2) is 4.79 Å². The molecule has 3 N–H and O–H groups in total. The first kappa shape index (κ1) is 23.4. The van der Waals surface area contributed by atoms with E-state index in [1.807, 2.05) is 13.8 Å². The first-order chi connectivity index (χ1) is 13.8. The van der Waals surface area contributed by atoms with Crippen molar-refractivity contribution in [1.29, 1.82) is 0 Å². The van der Waals surface area contributed by atoms with Crippen LogP contribution in [-0.2, 0) is 11.3 Å². The third-order valence-corrected chi connectivity index (χ3v) is 5.93. The van der Waals surface area contributed by atoms with E-state index in [4.69, 9.17) is 28.9 Å². The number of carbonyl (C=O) groups excluding carboxylic acids is 1. The maximum Gasteiger partial charge on any atom is 0.330 e. The Labute approximate surface area is 183 Å². The van der Waals surface area contributed by atoms with Crippen molar-refractivity contribution in [3.63, 3.8) is 0 Å². The zero-order chi connectivity index (χ0) is 21.6. The lowest BCUT2D eigenvalue weighted by atomic mass is 10.2. The molecule has 0 saturated heterocycles. The molecule has 0 atom stereocenters. The molecule has 1 aromatic heterocycles. The number of nitrogens with two attached hydrogens (primary N) is 1. The third-order valence-electron chi connectivity index (χ3n) is 4.21. The molecule has 1 amide bonds. The Morgan fingerprint density at radius 2 is 1.97 bits per heavy atom. The lowest BCUT2D eigenvalue weighted by Gasteiger charge is -2.24. The van der Waals surface area contributed by atoms with E-state index in [0.29, 0.717) is 40.9 Å². The molecule has 0 aliphatic carbocycles. The van der Waals surface area contributed by atoms with Gasteiger partial charge in [0.2, 0.25) is 5.91 Å². The average Bonchev–Trinajstić information content (AvgIpc) is 2.68. The molecule has 0 bridgehead atoms. The minimum Gasteiger partial charge on any atom is -0.383 e. The number of nitrogens with one attached hydrogen (secondary N) is 1. The van der Waals surface area contributed by atoms with Gasteiger partial charge >= 0.3 is 5.69 Å². The molecule has 0 aliphatic heterocycles. The number of amides is 1. The van der Waals surface area contributed by atoms with Crippen molar-refractivity contribution in [3.8, 4) is 0 Å². The Hall–Kier alpha value is -1.90. The lowest BCUT2D eigenvalue weighted by molar-refractivity contribution is -0.116. The Morgan fingerprint density at radius 1 is 1.24 bits per heavy atom. The molecule has 29 heavy (non-hydrogen) atoms. The molecular formula is C19H24Cl2N4O3S. The van der Waals surface area contributed by atoms with E-state index in [1.54, 1.807) is 18.2 Å². The van der Waals surface area contributed by atoms with Gasteiger partial charge in [-0.1, -0.05) is 43.5 Å². The lowest BCUT2D eigenvalue weighted by Crippen LogP contribution is -2.42. The number of unbranched alkanes of at least 4 members (excludes halogenated alkanes) is 1. The van der Waals surface area contributed by atoms with Crippen LogP contribution in [0.25, 0.3) is 0 Å². The molecule has 2 aromatic rings. The standard InChI is InChI=1S/C19H24Cl2N4O3S/c1-3-5-9-24(15(26)11-29-14-10-12(20)6-7-13(14)21)16-17(22)25(8-4-2)19(28)23-18(16)27/h6-7,10H,3-5,8-9,11,22H2,1-2H3,(H,23,27,28). The van der Waals surface area contributed by atoms with Gasteiger partial charge in [-0.3, -0.25) is 19.1 Å². The topological polar surface area (TPSA) is 101 Å². The number of hydrogen-bond donors (Lipinski definition) is 2. The summed E-state index contributed by atoms with van der Waals surface area (Å²) in [6, 6.07) is 5.01. The van der Waals surface area contributed by atoms with Crippen LogP contribution in [0.4, 0.5) is 11.5 Å². The number of halogens is 2. The van der Waals surface area contributed by atoms with Crippen molar-refractivity contribution >= 4 is 52.4 Å². The molecular weight excluding hydrogens is 435 g/mol. The van der Waals surface area contributed by atoms with Gasteiger partial charge in [-0.05, 0) is 31.0 Å². The molecule has 158 valence electrons. The highest BCUT2D eigenvalue weighted by Gasteiger charge is 2.24. The molecule has 10 heteroatoms. The van der Waals surface area contributed by atoms with E-state index in [-0.39, 0.29) is 23.2 Å². The van der Waals surface area contributed by atoms with Crippen LogP contribution in [0.3, 0.4) is 0 Å². The number of thioether (sulfide) groups is 1. The summed E-state index contributed by atoms with van der Waals surface area (Å²) in [6.45, 7) is 4.53. The normalized spacial score (nSPS) is 10.9. The van der Waals surface area contributed by atoms with Crippen molar-refractivity contribution < 1.29 is 4.79 Å². The molecule has 0 spiro atoms. The number of nitrogen functional groups attached to an aromatic ring is 1. The van der Waals surface area contributed by atoms with Crippen LogP contribution in [0.1, 0.15) is 33.1 Å². The monoisotopic (exact) mass is 458 g/mol. The largest absolute Gasteiger partial charge is 0.383 e. The number of aromatic amines is 1. The summed E-state index contributed by atoms with van der Waals surface area (Å²) in [6.07, 6.45) is 2.16. The maximum atomic E-state index is 13.0. The second-order valence-electron chi connectivity index (χ2n) is 6.41. The second kappa shape index (κ2) is 10.8. The molecule has 7 nitrogen and oxygen atoms in total. The van der Waals surface area contributed by atoms with Gasteiger partial charge in [0.1, 0.15) is 5.82 Å². The number of aromatic nitrogens is 2. The summed E-state index contributed by atoms with van der Waals surface area (Å²) in [5.74, 6) is -0.274. The van der Waals surface area contributed by atoms with Gasteiger partial charge in [0.25, 0.3) is 5.56 Å². The first-order valence-corrected chi connectivity index (χ1v) is 11.0. The molecule has 1 heterocycles. The Balaban J connectivity index is 2.37. The SMILES string of the molecule is CCCCN(C(=O)CSc1cc(Cl)ccc1Cl)c1c(N)n(CCC)c(=O)[nH]c1=O. The fourth-order valence-electron chi connectivity index (χ4n) is 2.77. The van der Waals surface area contributed by atoms with Gasteiger partial charge < -0.3 is 10.6 Å². The summed E-state index contributed by atoms with van der Waals surface area (Å²) in [7, 11) is 0. The number of H-pyrrole nitrogens is 1. The molecule has 0 saturated carbocycles. The highest BCUT2D eigenvalue weighted by atomic mass is 35.5. The summed E-state index contributed by atoms with van der Waals surface area (Å²) in [5.41, 5.74) is 4.89. The Bertz CT molecular complexity index is 990. The predicted octanol–water partition coefficient (Wildman–Crippen LogP) is 3.76. The van der Waals surface area contributed by atoms with Crippen LogP contribution in [0, 0.1) is 0 Å². The van der Waals surface area contributed by atoms with E-state index >= 15 is 0 Å². The quantitative estimate of drug-likeness (QED) is 0.556. The van der Waals surface area contributed by atoms with Gasteiger partial charge in [0.05, 0.1) is 10.8 Å². The van der Waals surface area contributed by atoms with Crippen LogP contribution in [0.15, 0.2) is 32.7 Å². The Kier molecular flexibility index (Phi) is 8.67. The third kappa shape index (κ3) is 5.81. The fourth-order valence-corrected chi connectivity index (χ4v) is 4.14. The summed E-state index contributed by atoms with van der Waals surface area (Å²) in [5, 5.41) is 1.00. The number of carbonyl (C=O) groups is 1. The zero-order valence-corrected chi connectivity index (χ0v) is 18.7. The fraction of sp³-hybridized carbons (Fsp3) is 0.421. The Morgan fingerprint density at radius 3 is 2.62 bits per heavy atom. The molecule has 1 aromatic carbocycles. The smallest absolute Gasteiger partial charge is 0.330 e. The zero-order valence-electron chi connectivity index (χ0n) is 16.3. The van der Waals surface area contributed by atoms with Crippen LogP contribution >= 0.6 is 35.0 Å². The number of benzene rings is 1. The summed E-state index contributed by atoms with van der Waals surface area (Å²) in [4.78, 5) is 41.9. The minimum absolute atomic E-state index is 0.00385. The predicted molar refractivity (Wildman–Crippen MR) is 120 cm³/mol. The van der Waals surface area contributed by atoms with Gasteiger partial charge in [0.15, 0.2) is 5.69 Å². The minimum atomic E-state index is -0.671. The molecule has 0 fully saturated rings. The molecule has 0 aliphatic rings. The summed E-state index contributed by atoms with van der Waals surface area (Å²) < 4.78 is 1.28. The molecule has 2 rings (SSSR count). The van der Waals surface area contributed by atoms with Crippen molar-refractivity contribution in [3.05, 3.63) is 49.1 Å². The molecule has 0 radical (unpaired) electrons. The van der Waals surface area contributed by atoms with Crippen LogP contribution in [0.2, 0.25) is 10.0 Å². The van der Waals surface area contributed by atoms with E-state index in [0.717, 1.165) is 6.42 Å². The van der Waals surface area contributed by atoms with Crippen LogP contribution in [-0.4, -0.2) is 27.8 Å². The number of hydrogen-bond acceptors (Lipinski definition) is 5. The second-order valence-corrected chi connectivity index (χ2v) is 8.27. The van der Waals surface area contributed by atoms with Crippen molar-refractivity contribution in [1.82, 2.24) is 9.55 Å². The number of anilines is 2. The van der Waals surface area contributed by atoms with Crippen molar-refractivity contribution in [2.45, 2.75) is 44.6 Å². The van der Waals surface area contributed by atoms with E-state index in [9.17, 15) is 14.4 Å². The highest BCUT2D eigenvalue weighted by Crippen LogP contribution is 2.30. The average molecular weight is 459 g/mol. The van der Waals surface area contributed by atoms with Crippen LogP contribution in [0.5, 0.6) is 0 Å². The van der Waals surface area contributed by atoms with Crippen molar-refractivity contribution in [2.24, 2.45) is 0 Å². The van der Waals surface area contributed by atoms with E-state index in [2.05, 4.69) is 4.98 Å². The summed E-state index contributed by atoms with van der Waals surface area (Å²) >= 11 is 13.4. The van der Waals surface area contributed by atoms with Gasteiger partial charge in [-0.15, -0.1) is 11.8 Å². The maximum absolute atomic E-state index is 13.0. The van der Waals surface area contributed by atoms with Gasteiger partial charge in [0, 0.05) is 23.0 Å².